The highest BCUT2D eigenvalue weighted by Crippen LogP contribution is 2.13. The fourth-order valence-electron chi connectivity index (χ4n) is 2.69. The van der Waals surface area contributed by atoms with Gasteiger partial charge in [-0.15, -0.1) is 24.8 Å². The van der Waals surface area contributed by atoms with Crippen LogP contribution < -0.4 is 16.4 Å². The SMILES string of the molecule is Cl.Cl.NCC(=O)NCC(=O)NC1CCCN(Cc2ccccc2)C1. The molecule has 1 atom stereocenters. The number of likely N-dealkylation sites (tertiary alicyclic amines) is 1. The maximum absolute atomic E-state index is 11.8. The van der Waals surface area contributed by atoms with E-state index in [-0.39, 0.29) is 55.8 Å². The first-order chi connectivity index (χ1) is 10.7. The molecule has 0 aliphatic carbocycles. The Morgan fingerprint density at radius 3 is 2.54 bits per heavy atom. The molecule has 0 radical (unpaired) electrons. The number of nitrogens with one attached hydrogen (secondary N) is 2. The van der Waals surface area contributed by atoms with Crippen LogP contribution in [-0.4, -0.2) is 48.9 Å². The van der Waals surface area contributed by atoms with Crippen LogP contribution in [0.25, 0.3) is 0 Å². The summed E-state index contributed by atoms with van der Waals surface area (Å²) in [5.74, 6) is -0.474. The Morgan fingerprint density at radius 2 is 1.88 bits per heavy atom. The Hall–Kier alpha value is -1.34. The number of nitrogens with zero attached hydrogens (tertiary/aromatic N) is 1. The van der Waals surface area contributed by atoms with Gasteiger partial charge in [-0.1, -0.05) is 30.3 Å². The standard InChI is InChI=1S/C16H24N4O2.2ClH/c17-9-15(21)18-10-16(22)19-14-7-4-8-20(12-14)11-13-5-2-1-3-6-13;;/h1-3,5-6,14H,4,7-12,17H2,(H,18,21)(H,19,22);2*1H. The Balaban J connectivity index is 0.00000264. The molecule has 1 aliphatic rings. The summed E-state index contributed by atoms with van der Waals surface area (Å²) in [6, 6.07) is 10.5. The number of piperidine rings is 1. The zero-order chi connectivity index (χ0) is 15.8. The number of halogens is 2. The van der Waals surface area contributed by atoms with E-state index in [2.05, 4.69) is 27.7 Å². The first-order valence-electron chi connectivity index (χ1n) is 7.70. The molecule has 24 heavy (non-hydrogen) atoms. The second-order valence-corrected chi connectivity index (χ2v) is 5.61. The smallest absolute Gasteiger partial charge is 0.239 e. The van der Waals surface area contributed by atoms with Crippen LogP contribution in [0.3, 0.4) is 0 Å². The molecule has 1 aliphatic heterocycles. The largest absolute Gasteiger partial charge is 0.351 e. The lowest BCUT2D eigenvalue weighted by Crippen LogP contribution is -2.50. The van der Waals surface area contributed by atoms with E-state index in [0.29, 0.717) is 0 Å². The molecule has 1 aromatic carbocycles. The minimum Gasteiger partial charge on any atom is -0.351 e. The summed E-state index contributed by atoms with van der Waals surface area (Å²) < 4.78 is 0. The van der Waals surface area contributed by atoms with Gasteiger partial charge in [0.1, 0.15) is 0 Å². The van der Waals surface area contributed by atoms with Crippen molar-refractivity contribution in [3.8, 4) is 0 Å². The van der Waals surface area contributed by atoms with Gasteiger partial charge in [-0.25, -0.2) is 0 Å². The van der Waals surface area contributed by atoms with Crippen molar-refractivity contribution in [1.29, 1.82) is 0 Å². The number of rotatable bonds is 6. The molecule has 0 saturated carbocycles. The van der Waals surface area contributed by atoms with Crippen molar-refractivity contribution < 1.29 is 9.59 Å². The van der Waals surface area contributed by atoms with Gasteiger partial charge in [-0.2, -0.15) is 0 Å². The molecular formula is C16H26Cl2N4O2. The highest BCUT2D eigenvalue weighted by atomic mass is 35.5. The second kappa shape index (κ2) is 12.1. The number of benzene rings is 1. The van der Waals surface area contributed by atoms with Gasteiger partial charge >= 0.3 is 0 Å². The number of hydrogen-bond donors (Lipinski definition) is 3. The normalized spacial score (nSPS) is 17.1. The number of nitrogens with two attached hydrogens (primary N) is 1. The zero-order valence-electron chi connectivity index (χ0n) is 13.6. The van der Waals surface area contributed by atoms with E-state index in [0.717, 1.165) is 32.5 Å². The van der Waals surface area contributed by atoms with Crippen molar-refractivity contribution in [2.75, 3.05) is 26.2 Å². The average molecular weight is 377 g/mol. The Kier molecular flexibility index (Phi) is 11.4. The molecule has 0 aromatic heterocycles. The molecule has 1 heterocycles. The van der Waals surface area contributed by atoms with Gasteiger partial charge in [0.25, 0.3) is 0 Å². The lowest BCUT2D eigenvalue weighted by molar-refractivity contribution is -0.126. The second-order valence-electron chi connectivity index (χ2n) is 5.61. The van der Waals surface area contributed by atoms with E-state index in [4.69, 9.17) is 5.73 Å². The van der Waals surface area contributed by atoms with Crippen molar-refractivity contribution in [3.05, 3.63) is 35.9 Å². The maximum atomic E-state index is 11.8. The van der Waals surface area contributed by atoms with Crippen LogP contribution in [0.5, 0.6) is 0 Å². The number of amides is 2. The Bertz CT molecular complexity index is 502. The van der Waals surface area contributed by atoms with E-state index < -0.39 is 0 Å². The molecule has 1 unspecified atom stereocenters. The summed E-state index contributed by atoms with van der Waals surface area (Å²) in [5, 5.41) is 5.46. The molecular weight excluding hydrogens is 351 g/mol. The molecule has 8 heteroatoms. The van der Waals surface area contributed by atoms with Crippen LogP contribution in [0, 0.1) is 0 Å². The highest BCUT2D eigenvalue weighted by Gasteiger charge is 2.21. The molecule has 1 saturated heterocycles. The van der Waals surface area contributed by atoms with E-state index in [9.17, 15) is 9.59 Å². The molecule has 2 rings (SSSR count). The summed E-state index contributed by atoms with van der Waals surface area (Å²) in [4.78, 5) is 25.2. The van der Waals surface area contributed by atoms with Crippen LogP contribution in [-0.2, 0) is 16.1 Å². The van der Waals surface area contributed by atoms with E-state index in [1.807, 2.05) is 18.2 Å². The molecule has 4 N–H and O–H groups in total. The van der Waals surface area contributed by atoms with Crippen molar-refractivity contribution >= 4 is 36.6 Å². The Morgan fingerprint density at radius 1 is 1.17 bits per heavy atom. The van der Waals surface area contributed by atoms with Crippen LogP contribution in [0.15, 0.2) is 30.3 Å². The van der Waals surface area contributed by atoms with Crippen molar-refractivity contribution in [1.82, 2.24) is 15.5 Å². The predicted octanol–water partition coefficient (Wildman–Crippen LogP) is 0.686. The van der Waals surface area contributed by atoms with Crippen LogP contribution in [0.4, 0.5) is 0 Å². The van der Waals surface area contributed by atoms with Crippen LogP contribution in [0.1, 0.15) is 18.4 Å². The first kappa shape index (κ1) is 22.7. The number of hydrogen-bond acceptors (Lipinski definition) is 4. The van der Waals surface area contributed by atoms with Gasteiger partial charge in [0.15, 0.2) is 0 Å². The van der Waals surface area contributed by atoms with Gasteiger partial charge in [0, 0.05) is 19.1 Å². The van der Waals surface area contributed by atoms with Crippen LogP contribution >= 0.6 is 24.8 Å². The number of carbonyl (C=O) groups is 2. The fourth-order valence-corrected chi connectivity index (χ4v) is 2.69. The minimum absolute atomic E-state index is 0. The quantitative estimate of drug-likeness (QED) is 0.681. The maximum Gasteiger partial charge on any atom is 0.239 e. The molecule has 136 valence electrons. The average Bonchev–Trinajstić information content (AvgIpc) is 2.54. The van der Waals surface area contributed by atoms with Gasteiger partial charge in [0.05, 0.1) is 13.1 Å². The predicted molar refractivity (Wildman–Crippen MR) is 99.4 cm³/mol. The van der Waals surface area contributed by atoms with Crippen molar-refractivity contribution in [2.24, 2.45) is 5.73 Å². The minimum atomic E-state index is -0.315. The topological polar surface area (TPSA) is 87.5 Å². The highest BCUT2D eigenvalue weighted by molar-refractivity contribution is 5.86. The fraction of sp³-hybridized carbons (Fsp3) is 0.500. The van der Waals surface area contributed by atoms with Gasteiger partial charge in [0.2, 0.25) is 11.8 Å². The van der Waals surface area contributed by atoms with E-state index in [1.54, 1.807) is 0 Å². The molecule has 6 nitrogen and oxygen atoms in total. The monoisotopic (exact) mass is 376 g/mol. The summed E-state index contributed by atoms with van der Waals surface area (Å²) >= 11 is 0. The lowest BCUT2D eigenvalue weighted by Gasteiger charge is -2.33. The lowest BCUT2D eigenvalue weighted by atomic mass is 10.0. The van der Waals surface area contributed by atoms with E-state index in [1.165, 1.54) is 5.56 Å². The summed E-state index contributed by atoms with van der Waals surface area (Å²) in [7, 11) is 0. The Labute approximate surface area is 155 Å². The molecule has 0 bridgehead atoms. The number of carbonyl (C=O) groups excluding carboxylic acids is 2. The molecule has 1 aromatic rings. The van der Waals surface area contributed by atoms with Gasteiger partial charge < -0.3 is 16.4 Å². The third-order valence-corrected chi connectivity index (χ3v) is 3.75. The summed E-state index contributed by atoms with van der Waals surface area (Å²) in [6.07, 6.45) is 2.04. The molecule has 1 fully saturated rings. The van der Waals surface area contributed by atoms with Crippen LogP contribution in [0.2, 0.25) is 0 Å². The van der Waals surface area contributed by atoms with Crippen molar-refractivity contribution in [2.45, 2.75) is 25.4 Å². The van der Waals surface area contributed by atoms with Gasteiger partial charge in [-0.05, 0) is 24.9 Å². The molecule has 0 spiro atoms. The van der Waals surface area contributed by atoms with Gasteiger partial charge in [-0.3, -0.25) is 14.5 Å². The zero-order valence-corrected chi connectivity index (χ0v) is 15.2. The summed E-state index contributed by atoms with van der Waals surface area (Å²) in [6.45, 7) is 2.68. The molecule has 2 amide bonds. The van der Waals surface area contributed by atoms with Crippen molar-refractivity contribution in [3.63, 3.8) is 0 Å². The third-order valence-electron chi connectivity index (χ3n) is 3.75. The van der Waals surface area contributed by atoms with E-state index >= 15 is 0 Å². The summed E-state index contributed by atoms with van der Waals surface area (Å²) in [5.41, 5.74) is 6.47. The first-order valence-corrected chi connectivity index (χ1v) is 7.70. The third kappa shape index (κ3) is 7.97.